The van der Waals surface area contributed by atoms with Gasteiger partial charge in [0.05, 0.1) is 27.8 Å². The lowest BCUT2D eigenvalue weighted by Crippen LogP contribution is -2.46. The minimum Gasteiger partial charge on any atom is -0.493 e. The molecule has 24 heavy (non-hydrogen) atoms. The van der Waals surface area contributed by atoms with Gasteiger partial charge in [0.25, 0.3) is 0 Å². The second kappa shape index (κ2) is 7.77. The Bertz CT molecular complexity index is 548. The Morgan fingerprint density at radius 3 is 1.83 bits per heavy atom. The fraction of sp³-hybridized carbons (Fsp3) is 0.632. The molecule has 0 heterocycles. The van der Waals surface area contributed by atoms with Gasteiger partial charge in [0.1, 0.15) is 0 Å². The Kier molecular flexibility index (Phi) is 6.52. The largest absolute Gasteiger partial charge is 0.493 e. The topological polar surface area (TPSA) is 56.8 Å². The lowest BCUT2D eigenvalue weighted by molar-refractivity contribution is -0.122. The number of nitrogens with one attached hydrogen (secondary N) is 1. The quantitative estimate of drug-likeness (QED) is 0.826. The van der Waals surface area contributed by atoms with Crippen molar-refractivity contribution in [3.8, 4) is 17.2 Å². The fourth-order valence-electron chi connectivity index (χ4n) is 3.21. The molecule has 0 saturated heterocycles. The third-order valence-electron chi connectivity index (χ3n) is 3.54. The zero-order valence-corrected chi connectivity index (χ0v) is 16.2. The summed E-state index contributed by atoms with van der Waals surface area (Å²) in [6.45, 7) is 10.6. The Morgan fingerprint density at radius 2 is 1.46 bits per heavy atom. The summed E-state index contributed by atoms with van der Waals surface area (Å²) in [5.74, 6) is 1.60. The second-order valence-electron chi connectivity index (χ2n) is 7.88. The maximum Gasteiger partial charge on any atom is 0.224 e. The van der Waals surface area contributed by atoms with Crippen LogP contribution in [0.5, 0.6) is 17.2 Å². The number of carbonyl (C=O) groups is 1. The van der Waals surface area contributed by atoms with Crippen molar-refractivity contribution in [2.75, 3.05) is 21.3 Å². The highest BCUT2D eigenvalue weighted by Crippen LogP contribution is 2.38. The summed E-state index contributed by atoms with van der Waals surface area (Å²) < 4.78 is 16.0. The third-order valence-corrected chi connectivity index (χ3v) is 3.54. The molecule has 5 nitrogen and oxygen atoms in total. The van der Waals surface area contributed by atoms with E-state index in [0.717, 1.165) is 12.0 Å². The Labute approximate surface area is 145 Å². The van der Waals surface area contributed by atoms with Crippen molar-refractivity contribution in [1.82, 2.24) is 5.32 Å². The van der Waals surface area contributed by atoms with Gasteiger partial charge >= 0.3 is 0 Å². The van der Waals surface area contributed by atoms with Crippen molar-refractivity contribution in [2.45, 2.75) is 53.0 Å². The molecule has 5 heteroatoms. The van der Waals surface area contributed by atoms with Crippen LogP contribution >= 0.6 is 0 Å². The zero-order valence-electron chi connectivity index (χ0n) is 16.2. The number of carbonyl (C=O) groups excluding carboxylic acids is 1. The summed E-state index contributed by atoms with van der Waals surface area (Å²) in [4.78, 5) is 12.4. The molecular weight excluding hydrogens is 306 g/mol. The number of hydrogen-bond donors (Lipinski definition) is 1. The van der Waals surface area contributed by atoms with Crippen LogP contribution in [0.25, 0.3) is 0 Å². The van der Waals surface area contributed by atoms with Crippen LogP contribution in [0.4, 0.5) is 0 Å². The van der Waals surface area contributed by atoms with Crippen molar-refractivity contribution < 1.29 is 19.0 Å². The number of benzene rings is 1. The number of ether oxygens (including phenoxy) is 3. The van der Waals surface area contributed by atoms with Gasteiger partial charge < -0.3 is 19.5 Å². The summed E-state index contributed by atoms with van der Waals surface area (Å²) in [6.07, 6.45) is 1.14. The molecule has 0 aliphatic rings. The van der Waals surface area contributed by atoms with E-state index >= 15 is 0 Å². The Balaban J connectivity index is 2.91. The van der Waals surface area contributed by atoms with Gasteiger partial charge in [-0.1, -0.05) is 20.8 Å². The van der Waals surface area contributed by atoms with Gasteiger partial charge in [-0.25, -0.2) is 0 Å². The molecule has 0 aromatic heterocycles. The molecule has 1 rings (SSSR count). The molecule has 1 N–H and O–H groups in total. The summed E-state index contributed by atoms with van der Waals surface area (Å²) in [6, 6.07) is 3.61. The summed E-state index contributed by atoms with van der Waals surface area (Å²) >= 11 is 0. The highest BCUT2D eigenvalue weighted by atomic mass is 16.5. The molecule has 1 amide bonds. The van der Waals surface area contributed by atoms with Crippen molar-refractivity contribution in [2.24, 2.45) is 5.41 Å². The monoisotopic (exact) mass is 337 g/mol. The summed E-state index contributed by atoms with van der Waals surface area (Å²) in [5, 5.41) is 3.11. The summed E-state index contributed by atoms with van der Waals surface area (Å²) in [7, 11) is 4.68. The van der Waals surface area contributed by atoms with E-state index in [9.17, 15) is 4.79 Å². The van der Waals surface area contributed by atoms with Crippen LogP contribution < -0.4 is 19.5 Å². The van der Waals surface area contributed by atoms with Crippen molar-refractivity contribution >= 4 is 5.91 Å². The standard InChI is InChI=1S/C19H31NO4/c1-18(2,3)12-19(4,5)20-16(21)11-13-9-14(22-6)17(24-8)15(10-13)23-7/h9-10H,11-12H2,1-8H3,(H,20,21). The molecule has 136 valence electrons. The normalized spacial score (nSPS) is 11.8. The van der Waals surface area contributed by atoms with Crippen LogP contribution in [-0.4, -0.2) is 32.8 Å². The predicted octanol–water partition coefficient (Wildman–Crippen LogP) is 3.59. The first kappa shape index (κ1) is 20.1. The van der Waals surface area contributed by atoms with E-state index in [1.165, 1.54) is 0 Å². The van der Waals surface area contributed by atoms with E-state index < -0.39 is 0 Å². The average molecular weight is 337 g/mol. The van der Waals surface area contributed by atoms with E-state index in [1.54, 1.807) is 33.5 Å². The maximum atomic E-state index is 12.4. The molecule has 0 radical (unpaired) electrons. The zero-order chi connectivity index (χ0) is 18.5. The van der Waals surface area contributed by atoms with Crippen molar-refractivity contribution in [1.29, 1.82) is 0 Å². The summed E-state index contributed by atoms with van der Waals surface area (Å²) in [5.41, 5.74) is 0.688. The van der Waals surface area contributed by atoms with E-state index in [2.05, 4.69) is 26.1 Å². The Morgan fingerprint density at radius 1 is 0.958 bits per heavy atom. The molecule has 0 bridgehead atoms. The minimum atomic E-state index is -0.268. The lowest BCUT2D eigenvalue weighted by Gasteiger charge is -2.33. The molecule has 0 aliphatic carbocycles. The first-order chi connectivity index (χ1) is 11.0. The third kappa shape index (κ3) is 5.95. The second-order valence-corrected chi connectivity index (χ2v) is 7.88. The van der Waals surface area contributed by atoms with Crippen LogP contribution in [0, 0.1) is 5.41 Å². The van der Waals surface area contributed by atoms with Gasteiger partial charge in [-0.15, -0.1) is 0 Å². The Hall–Kier alpha value is -1.91. The van der Waals surface area contributed by atoms with Gasteiger partial charge in [0, 0.05) is 5.54 Å². The van der Waals surface area contributed by atoms with Crippen LogP contribution in [0.2, 0.25) is 0 Å². The first-order valence-electron chi connectivity index (χ1n) is 8.11. The number of amides is 1. The van der Waals surface area contributed by atoms with Crippen LogP contribution in [0.3, 0.4) is 0 Å². The molecule has 1 aromatic rings. The molecule has 0 spiro atoms. The van der Waals surface area contributed by atoms with Gasteiger partial charge in [-0.2, -0.15) is 0 Å². The average Bonchev–Trinajstić information content (AvgIpc) is 2.42. The molecule has 1 aromatic carbocycles. The number of methoxy groups -OCH3 is 3. The molecule has 0 unspecified atom stereocenters. The number of rotatable bonds is 7. The number of hydrogen-bond acceptors (Lipinski definition) is 4. The SMILES string of the molecule is COc1cc(CC(=O)NC(C)(C)CC(C)(C)C)cc(OC)c1OC. The maximum absolute atomic E-state index is 12.4. The van der Waals surface area contributed by atoms with Crippen molar-refractivity contribution in [3.63, 3.8) is 0 Å². The minimum absolute atomic E-state index is 0.0291. The molecule has 0 atom stereocenters. The molecule has 0 saturated carbocycles. The van der Waals surface area contributed by atoms with Gasteiger partial charge in [0.2, 0.25) is 11.7 Å². The highest BCUT2D eigenvalue weighted by Gasteiger charge is 2.27. The van der Waals surface area contributed by atoms with Gasteiger partial charge in [-0.05, 0) is 43.4 Å². The van der Waals surface area contributed by atoms with Gasteiger partial charge in [0.15, 0.2) is 11.5 Å². The predicted molar refractivity (Wildman–Crippen MR) is 96.1 cm³/mol. The van der Waals surface area contributed by atoms with E-state index in [0.29, 0.717) is 17.2 Å². The van der Waals surface area contributed by atoms with Crippen LogP contribution in [0.15, 0.2) is 12.1 Å². The van der Waals surface area contributed by atoms with Gasteiger partial charge in [-0.3, -0.25) is 4.79 Å². The van der Waals surface area contributed by atoms with E-state index in [-0.39, 0.29) is 23.3 Å². The van der Waals surface area contributed by atoms with E-state index in [1.807, 2.05) is 13.8 Å². The van der Waals surface area contributed by atoms with Crippen LogP contribution in [0.1, 0.15) is 46.6 Å². The highest BCUT2D eigenvalue weighted by molar-refractivity contribution is 5.79. The van der Waals surface area contributed by atoms with Crippen molar-refractivity contribution in [3.05, 3.63) is 17.7 Å². The smallest absolute Gasteiger partial charge is 0.224 e. The van der Waals surface area contributed by atoms with Crippen LogP contribution in [-0.2, 0) is 11.2 Å². The van der Waals surface area contributed by atoms with E-state index in [4.69, 9.17) is 14.2 Å². The molecular formula is C19H31NO4. The fourth-order valence-corrected chi connectivity index (χ4v) is 3.21. The lowest BCUT2D eigenvalue weighted by atomic mass is 9.81. The first-order valence-corrected chi connectivity index (χ1v) is 8.11. The molecule has 0 aliphatic heterocycles. The molecule has 0 fully saturated rings.